The van der Waals surface area contributed by atoms with Crippen LogP contribution >= 0.6 is 0 Å². The maximum atomic E-state index is 5.93. The Morgan fingerprint density at radius 2 is 2.06 bits per heavy atom. The van der Waals surface area contributed by atoms with Crippen LogP contribution in [0.3, 0.4) is 0 Å². The second kappa shape index (κ2) is 8.10. The molecule has 0 aromatic rings. The fraction of sp³-hybridized carbons (Fsp3) is 1.00. The summed E-state index contributed by atoms with van der Waals surface area (Å²) >= 11 is 0. The number of nitrogens with two attached hydrogens (primary N) is 1. The van der Waals surface area contributed by atoms with E-state index < -0.39 is 0 Å². The van der Waals surface area contributed by atoms with Gasteiger partial charge in [-0.25, -0.2) is 0 Å². The van der Waals surface area contributed by atoms with Crippen LogP contribution in [0, 0.1) is 5.92 Å². The molecule has 1 rings (SSSR count). The lowest BCUT2D eigenvalue weighted by Crippen LogP contribution is -2.50. The van der Waals surface area contributed by atoms with Gasteiger partial charge in [0.15, 0.2) is 0 Å². The molecule has 102 valence electrons. The maximum absolute atomic E-state index is 5.93. The van der Waals surface area contributed by atoms with Crippen LogP contribution in [0.4, 0.5) is 0 Å². The smallest absolute Gasteiger partial charge is 0.0221 e. The minimum absolute atomic E-state index is 0.648. The Bertz CT molecular complexity index is 193. The van der Waals surface area contributed by atoms with E-state index in [0.717, 1.165) is 18.5 Å². The Labute approximate surface area is 108 Å². The predicted molar refractivity (Wildman–Crippen MR) is 76.2 cm³/mol. The maximum Gasteiger partial charge on any atom is 0.0221 e. The molecule has 1 saturated heterocycles. The second-order valence-corrected chi connectivity index (χ2v) is 5.78. The number of rotatable bonds is 7. The lowest BCUT2D eigenvalue weighted by atomic mass is 9.92. The molecule has 0 bridgehead atoms. The van der Waals surface area contributed by atoms with Crippen molar-refractivity contribution in [1.82, 2.24) is 4.90 Å². The summed E-state index contributed by atoms with van der Waals surface area (Å²) in [6.45, 7) is 9.13. The van der Waals surface area contributed by atoms with Gasteiger partial charge in [-0.15, -0.1) is 0 Å². The Kier molecular flexibility index (Phi) is 7.14. The highest BCUT2D eigenvalue weighted by atomic mass is 15.2. The standard InChI is InChI=1S/C15H32N2/c1-4-6-9-14(5-2)12-17-13(3)8-7-10-15(17)11-16/h13-15H,4-12,16H2,1-3H3. The van der Waals surface area contributed by atoms with Crippen molar-refractivity contribution in [2.45, 2.75) is 77.8 Å². The first kappa shape index (κ1) is 15.0. The van der Waals surface area contributed by atoms with E-state index >= 15 is 0 Å². The molecular formula is C15H32N2. The van der Waals surface area contributed by atoms with Gasteiger partial charge in [0.2, 0.25) is 0 Å². The van der Waals surface area contributed by atoms with E-state index in [-0.39, 0.29) is 0 Å². The molecule has 1 aliphatic heterocycles. The predicted octanol–water partition coefficient (Wildman–Crippen LogP) is 3.40. The van der Waals surface area contributed by atoms with Gasteiger partial charge in [0.1, 0.15) is 0 Å². The summed E-state index contributed by atoms with van der Waals surface area (Å²) in [5.41, 5.74) is 5.93. The minimum atomic E-state index is 0.648. The molecule has 0 aromatic heterocycles. The summed E-state index contributed by atoms with van der Waals surface area (Å²) in [4.78, 5) is 2.70. The lowest BCUT2D eigenvalue weighted by Gasteiger charge is -2.42. The van der Waals surface area contributed by atoms with E-state index in [1.165, 1.54) is 51.5 Å². The topological polar surface area (TPSA) is 29.3 Å². The monoisotopic (exact) mass is 240 g/mol. The van der Waals surface area contributed by atoms with E-state index in [9.17, 15) is 0 Å². The van der Waals surface area contributed by atoms with Crippen molar-refractivity contribution >= 4 is 0 Å². The van der Waals surface area contributed by atoms with Crippen molar-refractivity contribution in [2.24, 2.45) is 11.7 Å². The van der Waals surface area contributed by atoms with Crippen LogP contribution in [0.25, 0.3) is 0 Å². The summed E-state index contributed by atoms with van der Waals surface area (Å²) in [6.07, 6.45) is 9.46. The average Bonchev–Trinajstić information content (AvgIpc) is 2.36. The van der Waals surface area contributed by atoms with Crippen LogP contribution in [0.5, 0.6) is 0 Å². The molecule has 1 aliphatic rings. The molecule has 2 heteroatoms. The normalized spacial score (nSPS) is 28.2. The van der Waals surface area contributed by atoms with Crippen molar-refractivity contribution < 1.29 is 0 Å². The van der Waals surface area contributed by atoms with E-state index in [0.29, 0.717) is 6.04 Å². The Balaban J connectivity index is 2.48. The van der Waals surface area contributed by atoms with Gasteiger partial charge in [-0.1, -0.05) is 39.5 Å². The first-order chi connectivity index (χ1) is 8.22. The highest BCUT2D eigenvalue weighted by Crippen LogP contribution is 2.25. The third-order valence-electron chi connectivity index (χ3n) is 4.48. The van der Waals surface area contributed by atoms with Crippen molar-refractivity contribution in [2.75, 3.05) is 13.1 Å². The first-order valence-electron chi connectivity index (χ1n) is 7.68. The van der Waals surface area contributed by atoms with E-state index in [1.807, 2.05) is 0 Å². The second-order valence-electron chi connectivity index (χ2n) is 5.78. The van der Waals surface area contributed by atoms with Gasteiger partial charge in [0.05, 0.1) is 0 Å². The van der Waals surface area contributed by atoms with Crippen LogP contribution in [-0.4, -0.2) is 30.1 Å². The van der Waals surface area contributed by atoms with E-state index in [1.54, 1.807) is 0 Å². The molecule has 0 aliphatic carbocycles. The number of hydrogen-bond acceptors (Lipinski definition) is 2. The molecule has 1 fully saturated rings. The molecule has 17 heavy (non-hydrogen) atoms. The van der Waals surface area contributed by atoms with Crippen LogP contribution in [0.2, 0.25) is 0 Å². The summed E-state index contributed by atoms with van der Waals surface area (Å²) in [5, 5.41) is 0. The summed E-state index contributed by atoms with van der Waals surface area (Å²) in [6, 6.07) is 1.39. The molecule has 2 N–H and O–H groups in total. The Hall–Kier alpha value is -0.0800. The Morgan fingerprint density at radius 1 is 1.29 bits per heavy atom. The van der Waals surface area contributed by atoms with Gasteiger partial charge in [0, 0.05) is 25.2 Å². The van der Waals surface area contributed by atoms with Gasteiger partial charge in [-0.2, -0.15) is 0 Å². The van der Waals surface area contributed by atoms with Gasteiger partial charge in [0.25, 0.3) is 0 Å². The molecule has 0 amide bonds. The van der Waals surface area contributed by atoms with Crippen molar-refractivity contribution in [3.05, 3.63) is 0 Å². The van der Waals surface area contributed by atoms with Gasteiger partial charge >= 0.3 is 0 Å². The molecule has 3 unspecified atom stereocenters. The van der Waals surface area contributed by atoms with Crippen LogP contribution in [-0.2, 0) is 0 Å². The SMILES string of the molecule is CCCCC(CC)CN1C(C)CCCC1CN. The molecule has 0 spiro atoms. The quantitative estimate of drug-likeness (QED) is 0.739. The molecule has 1 heterocycles. The molecule has 0 saturated carbocycles. The summed E-state index contributed by atoms with van der Waals surface area (Å²) < 4.78 is 0. The van der Waals surface area contributed by atoms with Gasteiger partial charge in [-0.05, 0) is 32.1 Å². The van der Waals surface area contributed by atoms with Crippen molar-refractivity contribution in [3.8, 4) is 0 Å². The van der Waals surface area contributed by atoms with Crippen molar-refractivity contribution in [1.29, 1.82) is 0 Å². The first-order valence-corrected chi connectivity index (χ1v) is 7.68. The zero-order valence-electron chi connectivity index (χ0n) is 12.1. The number of hydrogen-bond donors (Lipinski definition) is 1. The lowest BCUT2D eigenvalue weighted by molar-refractivity contribution is 0.0753. The van der Waals surface area contributed by atoms with Gasteiger partial charge < -0.3 is 5.73 Å². The molecular weight excluding hydrogens is 208 g/mol. The number of likely N-dealkylation sites (tertiary alicyclic amines) is 1. The Morgan fingerprint density at radius 3 is 2.65 bits per heavy atom. The zero-order chi connectivity index (χ0) is 12.7. The fourth-order valence-corrected chi connectivity index (χ4v) is 3.14. The van der Waals surface area contributed by atoms with Crippen LogP contribution in [0.1, 0.15) is 65.7 Å². The highest BCUT2D eigenvalue weighted by Gasteiger charge is 2.28. The molecule has 0 radical (unpaired) electrons. The third kappa shape index (κ3) is 4.59. The summed E-state index contributed by atoms with van der Waals surface area (Å²) in [5.74, 6) is 0.879. The average molecular weight is 240 g/mol. The number of piperidine rings is 1. The fourth-order valence-electron chi connectivity index (χ4n) is 3.14. The number of unbranched alkanes of at least 4 members (excludes halogenated alkanes) is 1. The largest absolute Gasteiger partial charge is 0.329 e. The molecule has 0 aromatic carbocycles. The van der Waals surface area contributed by atoms with Crippen molar-refractivity contribution in [3.63, 3.8) is 0 Å². The van der Waals surface area contributed by atoms with Gasteiger partial charge in [-0.3, -0.25) is 4.90 Å². The molecule has 2 nitrogen and oxygen atoms in total. The van der Waals surface area contributed by atoms with E-state index in [4.69, 9.17) is 5.73 Å². The highest BCUT2D eigenvalue weighted by molar-refractivity contribution is 4.84. The minimum Gasteiger partial charge on any atom is -0.329 e. The summed E-state index contributed by atoms with van der Waals surface area (Å²) in [7, 11) is 0. The third-order valence-corrected chi connectivity index (χ3v) is 4.48. The molecule has 3 atom stereocenters. The van der Waals surface area contributed by atoms with Crippen LogP contribution < -0.4 is 5.73 Å². The number of nitrogens with zero attached hydrogens (tertiary/aromatic N) is 1. The zero-order valence-corrected chi connectivity index (χ0v) is 12.1. The van der Waals surface area contributed by atoms with E-state index in [2.05, 4.69) is 25.7 Å². The van der Waals surface area contributed by atoms with Crippen LogP contribution in [0.15, 0.2) is 0 Å².